The van der Waals surface area contributed by atoms with Crippen molar-refractivity contribution in [2.24, 2.45) is 0 Å². The molecule has 1 unspecified atom stereocenters. The molecule has 0 saturated carbocycles. The smallest absolute Gasteiger partial charge is 0.126 e. The van der Waals surface area contributed by atoms with Crippen LogP contribution in [0.4, 0.5) is 0 Å². The lowest BCUT2D eigenvalue weighted by atomic mass is 10.1. The Morgan fingerprint density at radius 3 is 1.44 bits per heavy atom. The third kappa shape index (κ3) is 7.13. The van der Waals surface area contributed by atoms with Gasteiger partial charge in [-0.15, -0.1) is 0 Å². The molecule has 34 heavy (non-hydrogen) atoms. The second-order valence-corrected chi connectivity index (χ2v) is 8.11. The molecule has 1 aliphatic rings. The van der Waals surface area contributed by atoms with Gasteiger partial charge in [0.1, 0.15) is 18.0 Å². The summed E-state index contributed by atoms with van der Waals surface area (Å²) in [5, 5.41) is 10.9. The van der Waals surface area contributed by atoms with Crippen LogP contribution in [0.1, 0.15) is 34.5 Å². The van der Waals surface area contributed by atoms with Crippen molar-refractivity contribution in [3.63, 3.8) is 0 Å². The number of rotatable bonds is 2. The fraction of sp³-hybridized carbons (Fsp3) is 0.357. The van der Waals surface area contributed by atoms with Crippen LogP contribution >= 0.6 is 0 Å². The molecule has 2 bridgehead atoms. The third-order valence-electron chi connectivity index (χ3n) is 5.71. The van der Waals surface area contributed by atoms with Crippen molar-refractivity contribution in [1.29, 1.82) is 0 Å². The first kappa shape index (κ1) is 24.4. The SMILES string of the molecule is Oc1c2cccc1CO[C@@H](c1ccccc1)COCCOCCOCC(c1ccccc1)OC2. The summed E-state index contributed by atoms with van der Waals surface area (Å²) in [6.45, 7) is 3.18. The highest BCUT2D eigenvalue weighted by molar-refractivity contribution is 5.39. The summed E-state index contributed by atoms with van der Waals surface area (Å²) in [5.41, 5.74) is 3.46. The number of phenolic OH excluding ortho intramolecular Hbond substituents is 1. The van der Waals surface area contributed by atoms with Crippen LogP contribution in [0.2, 0.25) is 0 Å². The summed E-state index contributed by atoms with van der Waals surface area (Å²) < 4.78 is 29.7. The van der Waals surface area contributed by atoms with E-state index in [-0.39, 0.29) is 31.2 Å². The third-order valence-corrected chi connectivity index (χ3v) is 5.71. The van der Waals surface area contributed by atoms with Crippen LogP contribution in [0, 0.1) is 0 Å². The normalized spacial score (nSPS) is 21.3. The van der Waals surface area contributed by atoms with Gasteiger partial charge >= 0.3 is 0 Å². The molecule has 0 radical (unpaired) electrons. The first-order valence-corrected chi connectivity index (χ1v) is 11.7. The van der Waals surface area contributed by atoms with Gasteiger partial charge in [0.25, 0.3) is 0 Å². The fourth-order valence-electron chi connectivity index (χ4n) is 3.79. The molecule has 1 heterocycles. The zero-order chi connectivity index (χ0) is 23.4. The number of para-hydroxylation sites is 1. The number of benzene rings is 3. The fourth-order valence-corrected chi connectivity index (χ4v) is 3.79. The average Bonchev–Trinajstić information content (AvgIpc) is 2.88. The van der Waals surface area contributed by atoms with Crippen LogP contribution in [-0.2, 0) is 36.9 Å². The molecule has 0 saturated heterocycles. The van der Waals surface area contributed by atoms with E-state index in [0.717, 1.165) is 11.1 Å². The molecule has 3 aromatic carbocycles. The summed E-state index contributed by atoms with van der Waals surface area (Å²) in [7, 11) is 0. The highest BCUT2D eigenvalue weighted by atomic mass is 16.6. The molecule has 6 nitrogen and oxygen atoms in total. The quantitative estimate of drug-likeness (QED) is 0.578. The molecule has 1 aliphatic heterocycles. The van der Waals surface area contributed by atoms with E-state index in [9.17, 15) is 5.11 Å². The van der Waals surface area contributed by atoms with Crippen LogP contribution in [0.25, 0.3) is 0 Å². The molecule has 3 aromatic rings. The molecular weight excluding hydrogens is 432 g/mol. The van der Waals surface area contributed by atoms with Gasteiger partial charge in [-0.25, -0.2) is 0 Å². The minimum atomic E-state index is -0.259. The summed E-state index contributed by atoms with van der Waals surface area (Å²) in [4.78, 5) is 0. The number of aromatic hydroxyl groups is 1. The Labute approximate surface area is 201 Å². The van der Waals surface area contributed by atoms with Gasteiger partial charge in [0.15, 0.2) is 0 Å². The lowest BCUT2D eigenvalue weighted by Crippen LogP contribution is -2.17. The van der Waals surface area contributed by atoms with Crippen LogP contribution in [-0.4, -0.2) is 44.7 Å². The number of fused-ring (bicyclic) bond motifs is 2. The van der Waals surface area contributed by atoms with Crippen LogP contribution in [0.3, 0.4) is 0 Å². The molecule has 0 aromatic heterocycles. The number of phenols is 1. The molecule has 0 amide bonds. The van der Waals surface area contributed by atoms with Crippen LogP contribution in [0.15, 0.2) is 78.9 Å². The molecule has 0 fully saturated rings. The number of hydrogen-bond donors (Lipinski definition) is 1. The topological polar surface area (TPSA) is 66.4 Å². The predicted octanol–water partition coefficient (Wildman–Crippen LogP) is 4.97. The highest BCUT2D eigenvalue weighted by Gasteiger charge is 2.17. The van der Waals surface area contributed by atoms with E-state index >= 15 is 0 Å². The van der Waals surface area contributed by atoms with Crippen molar-refractivity contribution in [2.45, 2.75) is 25.4 Å². The maximum atomic E-state index is 10.9. The van der Waals surface area contributed by atoms with Crippen LogP contribution < -0.4 is 0 Å². The predicted molar refractivity (Wildman–Crippen MR) is 129 cm³/mol. The largest absolute Gasteiger partial charge is 0.507 e. The van der Waals surface area contributed by atoms with Gasteiger partial charge in [0, 0.05) is 11.1 Å². The van der Waals surface area contributed by atoms with E-state index in [0.29, 0.717) is 50.8 Å². The van der Waals surface area contributed by atoms with E-state index < -0.39 is 0 Å². The Hall–Kier alpha value is -2.74. The Bertz CT molecular complexity index is 903. The minimum Gasteiger partial charge on any atom is -0.507 e. The van der Waals surface area contributed by atoms with Gasteiger partial charge in [0.2, 0.25) is 0 Å². The lowest BCUT2D eigenvalue weighted by molar-refractivity contribution is -0.0559. The summed E-state index contributed by atoms with van der Waals surface area (Å²) >= 11 is 0. The molecule has 4 rings (SSSR count). The van der Waals surface area contributed by atoms with Crippen molar-refractivity contribution in [2.75, 3.05) is 39.6 Å². The Morgan fingerprint density at radius 2 is 0.971 bits per heavy atom. The van der Waals surface area contributed by atoms with E-state index in [1.807, 2.05) is 78.9 Å². The molecule has 6 heteroatoms. The molecular formula is C28H32O6. The van der Waals surface area contributed by atoms with Gasteiger partial charge in [0.05, 0.1) is 52.9 Å². The monoisotopic (exact) mass is 464 g/mol. The van der Waals surface area contributed by atoms with Gasteiger partial charge in [-0.1, -0.05) is 78.9 Å². The first-order valence-electron chi connectivity index (χ1n) is 11.7. The van der Waals surface area contributed by atoms with Crippen LogP contribution in [0.5, 0.6) is 5.75 Å². The van der Waals surface area contributed by atoms with Crippen molar-refractivity contribution in [1.82, 2.24) is 0 Å². The van der Waals surface area contributed by atoms with E-state index in [1.54, 1.807) is 0 Å². The van der Waals surface area contributed by atoms with Crippen molar-refractivity contribution >= 4 is 0 Å². The first-order chi connectivity index (χ1) is 16.8. The average molecular weight is 465 g/mol. The van der Waals surface area contributed by atoms with E-state index in [1.165, 1.54) is 0 Å². The Kier molecular flexibility index (Phi) is 9.49. The van der Waals surface area contributed by atoms with Gasteiger partial charge < -0.3 is 28.8 Å². The van der Waals surface area contributed by atoms with E-state index in [4.69, 9.17) is 23.7 Å². The minimum absolute atomic E-state index is 0.192. The molecule has 0 aliphatic carbocycles. The lowest BCUT2D eigenvalue weighted by Gasteiger charge is -2.21. The molecule has 1 N–H and O–H groups in total. The zero-order valence-electron chi connectivity index (χ0n) is 19.3. The maximum absolute atomic E-state index is 10.9. The summed E-state index contributed by atoms with van der Waals surface area (Å²) in [6, 6.07) is 25.6. The van der Waals surface area contributed by atoms with Gasteiger partial charge in [-0.3, -0.25) is 0 Å². The highest BCUT2D eigenvalue weighted by Crippen LogP contribution is 2.29. The molecule has 0 spiro atoms. The van der Waals surface area contributed by atoms with Gasteiger partial charge in [-0.05, 0) is 11.1 Å². The van der Waals surface area contributed by atoms with Crippen molar-refractivity contribution in [3.8, 4) is 5.75 Å². The molecule has 180 valence electrons. The van der Waals surface area contributed by atoms with Crippen molar-refractivity contribution < 1.29 is 28.8 Å². The molecule has 2 atom stereocenters. The standard InChI is InChI=1S/C28H32O6/c29-28-24-12-7-13-25(28)19-34-27(23-10-5-2-6-11-23)21-32-17-15-30-14-16-31-20-26(33-18-24)22-8-3-1-4-9-22/h1-13,26-27,29H,14-21H2/t26-,27?/m1/s1. The number of hydrogen-bond acceptors (Lipinski definition) is 6. The maximum Gasteiger partial charge on any atom is 0.126 e. The summed E-state index contributed by atoms with van der Waals surface area (Å²) in [5.74, 6) is 0.192. The van der Waals surface area contributed by atoms with E-state index in [2.05, 4.69) is 0 Å². The summed E-state index contributed by atoms with van der Waals surface area (Å²) in [6.07, 6.45) is -0.518. The zero-order valence-corrected chi connectivity index (χ0v) is 19.3. The number of ether oxygens (including phenoxy) is 5. The van der Waals surface area contributed by atoms with Gasteiger partial charge in [-0.2, -0.15) is 0 Å². The van der Waals surface area contributed by atoms with Crippen molar-refractivity contribution in [3.05, 3.63) is 101 Å². The Balaban J connectivity index is 1.51. The second kappa shape index (κ2) is 13.2. The Morgan fingerprint density at radius 1 is 0.529 bits per heavy atom. The second-order valence-electron chi connectivity index (χ2n) is 8.11.